The summed E-state index contributed by atoms with van der Waals surface area (Å²) in [5, 5.41) is 0. The minimum atomic E-state index is -4.83. The molecular formula is C56H97NaO7S. The van der Waals surface area contributed by atoms with Crippen LogP contribution in [-0.4, -0.2) is 38.1 Å². The van der Waals surface area contributed by atoms with E-state index in [1.165, 1.54) is 186 Å². The molecule has 0 aliphatic rings. The van der Waals surface area contributed by atoms with Gasteiger partial charge in [0.1, 0.15) is 10.1 Å². The van der Waals surface area contributed by atoms with Gasteiger partial charge in [-0.05, 0) is 82.4 Å². The number of hydrogen-bond acceptors (Lipinski definition) is 7. The third-order valence-corrected chi connectivity index (χ3v) is 13.3. The molecule has 0 heterocycles. The van der Waals surface area contributed by atoms with Gasteiger partial charge >= 0.3 is 41.5 Å². The molecule has 0 aliphatic heterocycles. The van der Waals surface area contributed by atoms with E-state index in [1.54, 1.807) is 0 Å². The number of unbranched alkanes of at least 4 members (excludes halogenated alkanes) is 36. The van der Waals surface area contributed by atoms with E-state index in [0.29, 0.717) is 12.8 Å². The summed E-state index contributed by atoms with van der Waals surface area (Å²) in [6, 6.07) is 3.14. The predicted molar refractivity (Wildman–Crippen MR) is 269 cm³/mol. The van der Waals surface area contributed by atoms with Crippen LogP contribution in [0.3, 0.4) is 0 Å². The van der Waals surface area contributed by atoms with E-state index in [0.717, 1.165) is 76.3 Å². The summed E-state index contributed by atoms with van der Waals surface area (Å²) in [5.41, 5.74) is -0.347. The van der Waals surface area contributed by atoms with Crippen molar-refractivity contribution in [3.8, 4) is 0 Å². The second kappa shape index (κ2) is 47.6. The van der Waals surface area contributed by atoms with Crippen molar-refractivity contribution in [1.29, 1.82) is 0 Å². The molecule has 370 valence electrons. The fourth-order valence-corrected chi connectivity index (χ4v) is 8.83. The molecule has 0 radical (unpaired) electrons. The predicted octanol–water partition coefficient (Wildman–Crippen LogP) is 14.7. The van der Waals surface area contributed by atoms with Crippen LogP contribution in [0.2, 0.25) is 0 Å². The molecule has 0 aliphatic carbocycles. The quantitative estimate of drug-likeness (QED) is 0.0210. The van der Waals surface area contributed by atoms with Gasteiger partial charge in [0.15, 0.2) is 0 Å². The molecule has 0 fully saturated rings. The number of rotatable bonds is 47. The van der Waals surface area contributed by atoms with Gasteiger partial charge in [0.2, 0.25) is 0 Å². The molecular weight excluding hydrogens is 840 g/mol. The number of esters is 2. The van der Waals surface area contributed by atoms with Crippen molar-refractivity contribution in [2.75, 3.05) is 13.2 Å². The van der Waals surface area contributed by atoms with Crippen molar-refractivity contribution < 1.29 is 61.6 Å². The Morgan fingerprint density at radius 3 is 0.969 bits per heavy atom. The van der Waals surface area contributed by atoms with Crippen LogP contribution in [0.25, 0.3) is 0 Å². The Morgan fingerprint density at radius 1 is 0.415 bits per heavy atom. The molecule has 0 amide bonds. The number of carbonyl (C=O) groups excluding carboxylic acids is 2. The molecule has 0 saturated carbocycles. The number of benzene rings is 1. The average molecular weight is 937 g/mol. The minimum absolute atomic E-state index is 0. The molecule has 1 aromatic carbocycles. The van der Waals surface area contributed by atoms with Crippen LogP contribution in [0.4, 0.5) is 0 Å². The Morgan fingerprint density at radius 2 is 0.677 bits per heavy atom. The van der Waals surface area contributed by atoms with Gasteiger partial charge in [-0.1, -0.05) is 231 Å². The first-order valence-electron chi connectivity index (χ1n) is 27.0. The Balaban J connectivity index is 0.0000410. The molecule has 7 nitrogen and oxygen atoms in total. The zero-order valence-corrected chi connectivity index (χ0v) is 45.3. The molecule has 0 saturated heterocycles. The summed E-state index contributed by atoms with van der Waals surface area (Å²) in [6.07, 6.45) is 59.6. The molecule has 0 atom stereocenters. The first-order valence-corrected chi connectivity index (χ1v) is 28.5. The largest absolute Gasteiger partial charge is 1.00 e. The second-order valence-corrected chi connectivity index (χ2v) is 19.9. The third kappa shape index (κ3) is 40.2. The molecule has 65 heavy (non-hydrogen) atoms. The fraction of sp³-hybridized carbons (Fsp3) is 0.786. The van der Waals surface area contributed by atoms with E-state index in [4.69, 9.17) is 9.47 Å². The smallest absolute Gasteiger partial charge is 0.744 e. The van der Waals surface area contributed by atoms with E-state index >= 15 is 0 Å². The summed E-state index contributed by atoms with van der Waals surface area (Å²) in [7, 11) is -4.83. The van der Waals surface area contributed by atoms with Crippen LogP contribution in [0, 0.1) is 0 Å². The Bertz CT molecular complexity index is 1410. The normalized spacial score (nSPS) is 11.7. The van der Waals surface area contributed by atoms with E-state index < -0.39 is 27.0 Å². The van der Waals surface area contributed by atoms with Crippen molar-refractivity contribution in [3.63, 3.8) is 0 Å². The van der Waals surface area contributed by atoms with Crippen LogP contribution in [0.5, 0.6) is 0 Å². The van der Waals surface area contributed by atoms with Crippen molar-refractivity contribution >= 4 is 22.1 Å². The van der Waals surface area contributed by atoms with Crippen LogP contribution < -0.4 is 29.6 Å². The second-order valence-electron chi connectivity index (χ2n) is 18.6. The van der Waals surface area contributed by atoms with Gasteiger partial charge in [-0.15, -0.1) is 0 Å². The van der Waals surface area contributed by atoms with E-state index in [1.807, 2.05) is 0 Å². The Kier molecular flexibility index (Phi) is 46.5. The van der Waals surface area contributed by atoms with E-state index in [9.17, 15) is 22.6 Å². The number of hydrogen-bond donors (Lipinski definition) is 0. The molecule has 0 spiro atoms. The topological polar surface area (TPSA) is 110 Å². The molecule has 0 N–H and O–H groups in total. The molecule has 1 rings (SSSR count). The van der Waals surface area contributed by atoms with Crippen molar-refractivity contribution in [1.82, 2.24) is 0 Å². The van der Waals surface area contributed by atoms with Gasteiger partial charge in [0.25, 0.3) is 0 Å². The first-order chi connectivity index (χ1) is 31.3. The number of ether oxygens (including phenoxy) is 2. The average Bonchev–Trinajstić information content (AvgIpc) is 3.28. The Labute approximate surface area is 423 Å². The van der Waals surface area contributed by atoms with Gasteiger partial charge in [0.05, 0.1) is 29.2 Å². The maximum atomic E-state index is 13.0. The van der Waals surface area contributed by atoms with Crippen molar-refractivity contribution in [3.05, 3.63) is 53.6 Å². The van der Waals surface area contributed by atoms with Gasteiger partial charge in [0, 0.05) is 0 Å². The van der Waals surface area contributed by atoms with Gasteiger partial charge in [-0.25, -0.2) is 18.0 Å². The maximum absolute atomic E-state index is 13.0. The first kappa shape index (κ1) is 63.5. The third-order valence-electron chi connectivity index (χ3n) is 12.5. The van der Waals surface area contributed by atoms with Crippen molar-refractivity contribution in [2.24, 2.45) is 0 Å². The van der Waals surface area contributed by atoms with E-state index in [2.05, 4.69) is 38.2 Å². The standard InChI is InChI=1S/C56H98O7S.Na/c1-3-5-7-9-11-13-15-17-19-21-23-25-27-29-31-33-35-37-39-41-43-45-49-62-55(57)53-48-47-52(64(59,60)61)51-54(53)56(58)63-50-46-44-42-40-38-36-34-32-30-28-26-24-22-20-18-16-14-12-10-8-6-4-2;/h31-34,47-48,51H,3-30,35-46,49-50H2,1-2H3,(H,59,60,61);/q;+1/p-1/b33-31+,34-32+;. The molecule has 1 aromatic rings. The molecule has 0 bridgehead atoms. The molecule has 0 unspecified atom stereocenters. The van der Waals surface area contributed by atoms with Crippen molar-refractivity contribution in [2.45, 2.75) is 276 Å². The zero-order chi connectivity index (χ0) is 46.4. The SMILES string of the molecule is CCCCCCCCCCCCCCC/C=C/CCCCCCCOC(=O)c1ccc(S(=O)(=O)[O-])cc1C(=O)OCCCCCCC/C=C/CCCCCCCCCCCCCCC.[Na+]. The van der Waals surface area contributed by atoms with Gasteiger partial charge < -0.3 is 14.0 Å². The van der Waals surface area contributed by atoms with Crippen LogP contribution in [0.15, 0.2) is 47.4 Å². The maximum Gasteiger partial charge on any atom is 1.00 e. The Hall–Kier alpha value is -1.45. The van der Waals surface area contributed by atoms with Crippen LogP contribution in [-0.2, 0) is 19.6 Å². The fourth-order valence-electron chi connectivity index (χ4n) is 8.33. The summed E-state index contributed by atoms with van der Waals surface area (Å²) in [6.45, 7) is 4.90. The number of carbonyl (C=O) groups is 2. The minimum Gasteiger partial charge on any atom is -0.744 e. The molecule has 9 heteroatoms. The van der Waals surface area contributed by atoms with Gasteiger partial charge in [-0.3, -0.25) is 0 Å². The monoisotopic (exact) mass is 937 g/mol. The van der Waals surface area contributed by atoms with Crippen LogP contribution >= 0.6 is 0 Å². The summed E-state index contributed by atoms with van der Waals surface area (Å²) in [4.78, 5) is 25.4. The summed E-state index contributed by atoms with van der Waals surface area (Å²) >= 11 is 0. The zero-order valence-electron chi connectivity index (χ0n) is 42.5. The van der Waals surface area contributed by atoms with Gasteiger partial charge in [-0.2, -0.15) is 0 Å². The summed E-state index contributed by atoms with van der Waals surface area (Å²) in [5.74, 6) is -1.56. The number of allylic oxidation sites excluding steroid dienone is 4. The molecule has 0 aromatic heterocycles. The van der Waals surface area contributed by atoms with E-state index in [-0.39, 0.29) is 53.9 Å². The summed E-state index contributed by atoms with van der Waals surface area (Å²) < 4.78 is 46.0. The van der Waals surface area contributed by atoms with Crippen LogP contribution in [0.1, 0.15) is 291 Å².